The minimum atomic E-state index is -1.17. The molecule has 2 unspecified atom stereocenters. The van der Waals surface area contributed by atoms with Crippen molar-refractivity contribution in [1.82, 2.24) is 9.80 Å². The van der Waals surface area contributed by atoms with Gasteiger partial charge in [0.1, 0.15) is 34.9 Å². The van der Waals surface area contributed by atoms with Crippen LogP contribution in [0.15, 0.2) is 54.6 Å². The van der Waals surface area contributed by atoms with Gasteiger partial charge in [-0.25, -0.2) is 32.9 Å². The number of nitrogens with two attached hydrogens (primary N) is 1. The molecule has 0 spiro atoms. The SMILES string of the molecule is CC(C)(C)N1C[C@@H](C(N)=O)[C@H](c2ccc(F)cc2F)C1.CC(C)(C)[NH+]1C[C@@H](C(=O)[O-])[C@H](c2ccc(F)cc2F)C1.[C-]#[N+]C1CN(C(C)(C)C)C[C@H]1c1ccc(F)cc1F. The minimum Gasteiger partial charge on any atom is -0.550 e. The molecule has 59 heavy (non-hydrogen) atoms. The molecule has 0 radical (unpaired) electrons. The molecule has 3 fully saturated rings. The van der Waals surface area contributed by atoms with E-state index >= 15 is 0 Å². The lowest BCUT2D eigenvalue weighted by Crippen LogP contribution is -3.17. The van der Waals surface area contributed by atoms with E-state index in [1.807, 2.05) is 41.5 Å². The monoisotopic (exact) mass is 829 g/mol. The van der Waals surface area contributed by atoms with Crippen LogP contribution in [0.1, 0.15) is 96.8 Å². The van der Waals surface area contributed by atoms with E-state index in [0.717, 1.165) is 23.1 Å². The predicted octanol–water partition coefficient (Wildman–Crippen LogP) is 5.83. The third kappa shape index (κ3) is 11.6. The molecule has 3 aromatic carbocycles. The van der Waals surface area contributed by atoms with Gasteiger partial charge >= 0.3 is 0 Å². The van der Waals surface area contributed by atoms with E-state index in [9.17, 15) is 41.0 Å². The van der Waals surface area contributed by atoms with Crippen molar-refractivity contribution in [2.75, 3.05) is 39.3 Å². The highest BCUT2D eigenvalue weighted by atomic mass is 19.2. The number of nitrogens with one attached hydrogen (secondary N) is 1. The van der Waals surface area contributed by atoms with Crippen LogP contribution in [0.3, 0.4) is 0 Å². The smallest absolute Gasteiger partial charge is 0.244 e. The van der Waals surface area contributed by atoms with Crippen molar-refractivity contribution in [3.05, 3.63) is 118 Å². The fourth-order valence-electron chi connectivity index (χ4n) is 8.22. The molecule has 3 saturated heterocycles. The number of quaternary nitrogens is 1. The number of halogens is 6. The van der Waals surface area contributed by atoms with Crippen LogP contribution >= 0.6 is 0 Å². The van der Waals surface area contributed by atoms with Crippen molar-refractivity contribution in [2.24, 2.45) is 17.6 Å². The molecule has 3 aliphatic heterocycles. The zero-order valence-corrected chi connectivity index (χ0v) is 35.3. The lowest BCUT2D eigenvalue weighted by Gasteiger charge is -2.31. The first-order valence-electron chi connectivity index (χ1n) is 19.8. The number of hydrogen-bond acceptors (Lipinski definition) is 5. The van der Waals surface area contributed by atoms with Gasteiger partial charge in [-0.3, -0.25) is 14.6 Å². The van der Waals surface area contributed by atoms with E-state index in [2.05, 4.69) is 35.4 Å². The van der Waals surface area contributed by atoms with Crippen molar-refractivity contribution in [3.8, 4) is 0 Å². The molecule has 3 aliphatic rings. The molecule has 0 aromatic heterocycles. The molecule has 3 heterocycles. The first-order valence-corrected chi connectivity index (χ1v) is 19.8. The summed E-state index contributed by atoms with van der Waals surface area (Å²) in [6.07, 6.45) is 0. The molecule has 0 saturated carbocycles. The molecule has 14 heteroatoms. The van der Waals surface area contributed by atoms with Crippen LogP contribution in [-0.4, -0.2) is 83.6 Å². The average Bonchev–Trinajstić information content (AvgIpc) is 3.86. The van der Waals surface area contributed by atoms with Crippen molar-refractivity contribution in [1.29, 1.82) is 0 Å². The standard InChI is InChI=1S/C15H20F2N2O.C15H18F2N2.C15H19F2NO2/c1-15(2,3)19-7-11(12(8-19)14(18)20)10-5-4-9(16)6-13(10)17;1-15(2,3)19-8-12(14(9-19)18-4)11-6-5-10(16)7-13(11)17;1-15(2,3)18-7-11(12(8-18)14(19)20)10-5-4-9(16)6-13(10)17/h4-6,11-12H,7-8H2,1-3H3,(H2,18,20);5-7,12,14H,8-9H2,1-3H3;4-6,11-12H,7-8H2,1-3H3,(H,19,20)/t11-,12+;12-,14?;11-,12+/m000/s1. The normalized spacial score (nSPS) is 25.1. The van der Waals surface area contributed by atoms with Crippen LogP contribution in [0.4, 0.5) is 26.3 Å². The van der Waals surface area contributed by atoms with Gasteiger partial charge in [0, 0.05) is 66.3 Å². The molecule has 8 nitrogen and oxygen atoms in total. The summed E-state index contributed by atoms with van der Waals surface area (Å²) in [6, 6.07) is 10.2. The van der Waals surface area contributed by atoms with Gasteiger partial charge in [0.25, 0.3) is 0 Å². The first kappa shape index (κ1) is 47.2. The van der Waals surface area contributed by atoms with Gasteiger partial charge in [-0.15, -0.1) is 0 Å². The van der Waals surface area contributed by atoms with E-state index in [1.54, 1.807) is 0 Å². The fourth-order valence-corrected chi connectivity index (χ4v) is 8.22. The second-order valence-corrected chi connectivity index (χ2v) is 18.9. The second-order valence-electron chi connectivity index (χ2n) is 18.9. The van der Waals surface area contributed by atoms with Crippen LogP contribution in [-0.2, 0) is 9.59 Å². The maximum absolute atomic E-state index is 14.0. The number of carboxylic acid groups (broad SMARTS) is 1. The van der Waals surface area contributed by atoms with Crippen LogP contribution in [0.2, 0.25) is 0 Å². The van der Waals surface area contributed by atoms with Crippen LogP contribution < -0.4 is 15.7 Å². The number of carbonyl (C=O) groups is 2. The summed E-state index contributed by atoms with van der Waals surface area (Å²) in [7, 11) is 0. The molecule has 3 N–H and O–H groups in total. The topological polar surface area (TPSA) is 98.5 Å². The van der Waals surface area contributed by atoms with E-state index in [4.69, 9.17) is 12.3 Å². The van der Waals surface area contributed by atoms with Gasteiger partial charge in [-0.2, -0.15) is 0 Å². The summed E-state index contributed by atoms with van der Waals surface area (Å²) in [4.78, 5) is 31.9. The number of likely N-dealkylation sites (tertiary alicyclic amines) is 3. The number of carbonyl (C=O) groups excluding carboxylic acids is 2. The van der Waals surface area contributed by atoms with Crippen molar-refractivity contribution in [2.45, 2.75) is 103 Å². The quantitative estimate of drug-likeness (QED) is 0.250. The Labute approximate surface area is 344 Å². The third-order valence-corrected chi connectivity index (χ3v) is 11.9. The molecule has 7 atom stereocenters. The number of carboxylic acids is 1. The molecular formula is C45H57F6N5O3. The zero-order chi connectivity index (χ0) is 44.4. The summed E-state index contributed by atoms with van der Waals surface area (Å²) in [6.45, 7) is 28.9. The summed E-state index contributed by atoms with van der Waals surface area (Å²) in [5.41, 5.74) is 6.23. The van der Waals surface area contributed by atoms with Crippen LogP contribution in [0, 0.1) is 53.3 Å². The number of primary amides is 1. The Balaban J connectivity index is 0.000000196. The van der Waals surface area contributed by atoms with E-state index in [0.29, 0.717) is 50.4 Å². The number of amides is 1. The molecule has 6 rings (SSSR count). The molecular weight excluding hydrogens is 773 g/mol. The van der Waals surface area contributed by atoms with Gasteiger partial charge in [0.2, 0.25) is 11.9 Å². The number of rotatable bonds is 5. The van der Waals surface area contributed by atoms with Gasteiger partial charge in [-0.05, 0) is 91.6 Å². The Morgan fingerprint density at radius 3 is 1.42 bits per heavy atom. The molecule has 3 aromatic rings. The predicted molar refractivity (Wildman–Crippen MR) is 212 cm³/mol. The van der Waals surface area contributed by atoms with E-state index in [1.165, 1.54) is 36.4 Å². The van der Waals surface area contributed by atoms with Crippen LogP contribution in [0.25, 0.3) is 4.85 Å². The van der Waals surface area contributed by atoms with Gasteiger partial charge in [0.05, 0.1) is 48.9 Å². The molecule has 0 aliphatic carbocycles. The number of nitrogens with zero attached hydrogens (tertiary/aromatic N) is 3. The Morgan fingerprint density at radius 1 is 0.644 bits per heavy atom. The van der Waals surface area contributed by atoms with Crippen molar-refractivity contribution < 1.29 is 45.9 Å². The molecule has 322 valence electrons. The second kappa shape index (κ2) is 18.4. The zero-order valence-electron chi connectivity index (χ0n) is 35.3. The third-order valence-electron chi connectivity index (χ3n) is 11.9. The summed E-state index contributed by atoms with van der Waals surface area (Å²) < 4.78 is 80.7. The van der Waals surface area contributed by atoms with Crippen molar-refractivity contribution in [3.63, 3.8) is 0 Å². The fraction of sp³-hybridized carbons (Fsp3) is 0.533. The summed E-state index contributed by atoms with van der Waals surface area (Å²) in [5.74, 6) is -7.49. The maximum atomic E-state index is 14.0. The molecule has 1 amide bonds. The Kier molecular flexibility index (Phi) is 14.8. The highest BCUT2D eigenvalue weighted by molar-refractivity contribution is 5.78. The molecule has 0 bridgehead atoms. The van der Waals surface area contributed by atoms with Gasteiger partial charge in [0.15, 0.2) is 0 Å². The van der Waals surface area contributed by atoms with Gasteiger partial charge in [-0.1, -0.05) is 18.2 Å². The van der Waals surface area contributed by atoms with Crippen LogP contribution in [0.5, 0.6) is 0 Å². The lowest BCUT2D eigenvalue weighted by atomic mass is 9.88. The van der Waals surface area contributed by atoms with Crippen molar-refractivity contribution >= 4 is 11.9 Å². The lowest BCUT2D eigenvalue weighted by molar-refractivity contribution is -0.936. The first-order chi connectivity index (χ1) is 27.2. The van der Waals surface area contributed by atoms with Gasteiger partial charge < -0.3 is 25.4 Å². The largest absolute Gasteiger partial charge is 0.550 e. The Morgan fingerprint density at radius 2 is 1.05 bits per heavy atom. The highest BCUT2D eigenvalue weighted by Gasteiger charge is 2.45. The summed E-state index contributed by atoms with van der Waals surface area (Å²) in [5, 5.41) is 11.3. The van der Waals surface area contributed by atoms with E-state index in [-0.39, 0.29) is 40.1 Å². The Bertz CT molecular complexity index is 1920. The Hall–Kier alpha value is -4.45. The maximum Gasteiger partial charge on any atom is 0.244 e. The van der Waals surface area contributed by atoms with E-state index < -0.39 is 64.5 Å². The number of benzene rings is 3. The summed E-state index contributed by atoms with van der Waals surface area (Å²) >= 11 is 0. The number of aliphatic carboxylic acids is 1. The minimum absolute atomic E-state index is 0.0474. The average molecular weight is 830 g/mol. The highest BCUT2D eigenvalue weighted by Crippen LogP contribution is 2.38. The number of hydrogen-bond donors (Lipinski definition) is 2.